The number of rotatable bonds is 5. The van der Waals surface area contributed by atoms with Gasteiger partial charge in [-0.1, -0.05) is 27.2 Å². The molecule has 0 radical (unpaired) electrons. The van der Waals surface area contributed by atoms with Gasteiger partial charge in [0.1, 0.15) is 5.69 Å². The van der Waals surface area contributed by atoms with Crippen LogP contribution in [0.15, 0.2) is 34.9 Å². The van der Waals surface area contributed by atoms with Crippen LogP contribution < -0.4 is 5.32 Å². The lowest BCUT2D eigenvalue weighted by molar-refractivity contribution is 0.268. The molecule has 0 spiro atoms. The normalized spacial score (nSPS) is 11.8. The van der Waals surface area contributed by atoms with E-state index >= 15 is 0 Å². The SMILES string of the molecule is N#CC(Nc1cccc(Br)c1)c1cn(CCO)nn1. The van der Waals surface area contributed by atoms with Gasteiger partial charge in [-0.15, -0.1) is 5.10 Å². The van der Waals surface area contributed by atoms with E-state index in [-0.39, 0.29) is 6.61 Å². The molecule has 0 saturated heterocycles. The van der Waals surface area contributed by atoms with Crippen LogP contribution in [0.4, 0.5) is 5.69 Å². The minimum Gasteiger partial charge on any atom is -0.394 e. The molecule has 2 aromatic rings. The number of aliphatic hydroxyl groups is 1. The number of aromatic nitrogens is 3. The van der Waals surface area contributed by atoms with E-state index in [2.05, 4.69) is 37.6 Å². The standard InChI is InChI=1S/C12H12BrN5O/c13-9-2-1-3-10(6-9)15-11(7-14)12-8-18(4-5-19)17-16-12/h1-3,6,8,11,15,19H,4-5H2. The van der Waals surface area contributed by atoms with E-state index < -0.39 is 6.04 Å². The third kappa shape index (κ3) is 3.53. The summed E-state index contributed by atoms with van der Waals surface area (Å²) in [5, 5.41) is 28.9. The van der Waals surface area contributed by atoms with E-state index in [1.54, 1.807) is 6.20 Å². The first-order valence-corrected chi connectivity index (χ1v) is 6.45. The Morgan fingerprint density at radius 3 is 3.05 bits per heavy atom. The van der Waals surface area contributed by atoms with Gasteiger partial charge < -0.3 is 10.4 Å². The summed E-state index contributed by atoms with van der Waals surface area (Å²) in [6.07, 6.45) is 1.65. The monoisotopic (exact) mass is 321 g/mol. The zero-order chi connectivity index (χ0) is 13.7. The fourth-order valence-electron chi connectivity index (χ4n) is 1.57. The highest BCUT2D eigenvalue weighted by Gasteiger charge is 2.14. The van der Waals surface area contributed by atoms with E-state index in [0.29, 0.717) is 12.2 Å². The molecule has 0 aliphatic rings. The summed E-state index contributed by atoms with van der Waals surface area (Å²) in [5.74, 6) is 0. The maximum absolute atomic E-state index is 9.20. The molecule has 1 heterocycles. The lowest BCUT2D eigenvalue weighted by Gasteiger charge is -2.10. The van der Waals surface area contributed by atoms with Crippen LogP contribution in [0.25, 0.3) is 0 Å². The topological polar surface area (TPSA) is 86.8 Å². The first-order valence-electron chi connectivity index (χ1n) is 5.65. The van der Waals surface area contributed by atoms with Crippen molar-refractivity contribution in [1.29, 1.82) is 5.26 Å². The van der Waals surface area contributed by atoms with Crippen molar-refractivity contribution in [3.8, 4) is 6.07 Å². The molecule has 1 aromatic heterocycles. The van der Waals surface area contributed by atoms with E-state index in [0.717, 1.165) is 10.2 Å². The summed E-state index contributed by atoms with van der Waals surface area (Å²) in [5.41, 5.74) is 1.34. The fraction of sp³-hybridized carbons (Fsp3) is 0.250. The summed E-state index contributed by atoms with van der Waals surface area (Å²) in [4.78, 5) is 0. The molecule has 1 atom stereocenters. The average molecular weight is 322 g/mol. The number of nitrogens with one attached hydrogen (secondary N) is 1. The molecule has 0 fully saturated rings. The summed E-state index contributed by atoms with van der Waals surface area (Å²) in [6, 6.07) is 9.09. The zero-order valence-corrected chi connectivity index (χ0v) is 11.6. The van der Waals surface area contributed by atoms with Crippen LogP contribution in [0.2, 0.25) is 0 Å². The highest BCUT2D eigenvalue weighted by Crippen LogP contribution is 2.20. The third-order valence-electron chi connectivity index (χ3n) is 2.45. The van der Waals surface area contributed by atoms with Gasteiger partial charge in [-0.25, -0.2) is 4.68 Å². The Kier molecular flexibility index (Phi) is 4.49. The van der Waals surface area contributed by atoms with Gasteiger partial charge in [0.25, 0.3) is 0 Å². The van der Waals surface area contributed by atoms with Crippen LogP contribution >= 0.6 is 15.9 Å². The maximum atomic E-state index is 9.20. The van der Waals surface area contributed by atoms with E-state index in [1.165, 1.54) is 4.68 Å². The zero-order valence-electron chi connectivity index (χ0n) is 9.99. The Morgan fingerprint density at radius 1 is 1.53 bits per heavy atom. The minimum atomic E-state index is -0.582. The van der Waals surface area contributed by atoms with Crippen molar-refractivity contribution >= 4 is 21.6 Å². The Morgan fingerprint density at radius 2 is 2.37 bits per heavy atom. The Labute approximate surface area is 118 Å². The van der Waals surface area contributed by atoms with Crippen LogP contribution in [0.5, 0.6) is 0 Å². The van der Waals surface area contributed by atoms with Crippen LogP contribution in [0, 0.1) is 11.3 Å². The van der Waals surface area contributed by atoms with Gasteiger partial charge in [-0.05, 0) is 18.2 Å². The first-order chi connectivity index (χ1) is 9.22. The summed E-state index contributed by atoms with van der Waals surface area (Å²) in [7, 11) is 0. The van der Waals surface area contributed by atoms with Crippen molar-refractivity contribution < 1.29 is 5.11 Å². The number of halogens is 1. The van der Waals surface area contributed by atoms with Crippen LogP contribution in [0.3, 0.4) is 0 Å². The van der Waals surface area contributed by atoms with E-state index in [4.69, 9.17) is 5.11 Å². The number of aliphatic hydroxyl groups excluding tert-OH is 1. The fourth-order valence-corrected chi connectivity index (χ4v) is 1.97. The molecule has 7 heteroatoms. The van der Waals surface area contributed by atoms with Crippen molar-refractivity contribution in [1.82, 2.24) is 15.0 Å². The van der Waals surface area contributed by atoms with Crippen LogP contribution in [-0.4, -0.2) is 26.7 Å². The molecular weight excluding hydrogens is 310 g/mol. The van der Waals surface area contributed by atoms with E-state index in [1.807, 2.05) is 24.3 Å². The highest BCUT2D eigenvalue weighted by molar-refractivity contribution is 9.10. The molecule has 6 nitrogen and oxygen atoms in total. The van der Waals surface area contributed by atoms with Gasteiger partial charge >= 0.3 is 0 Å². The second kappa shape index (κ2) is 6.31. The van der Waals surface area contributed by atoms with Gasteiger partial charge in [0.05, 0.1) is 25.4 Å². The Balaban J connectivity index is 2.13. The molecule has 0 saturated carbocycles. The molecule has 19 heavy (non-hydrogen) atoms. The maximum Gasteiger partial charge on any atom is 0.160 e. The largest absolute Gasteiger partial charge is 0.394 e. The number of hydrogen-bond acceptors (Lipinski definition) is 5. The van der Waals surface area contributed by atoms with Crippen molar-refractivity contribution in [2.45, 2.75) is 12.6 Å². The van der Waals surface area contributed by atoms with Crippen molar-refractivity contribution in [2.75, 3.05) is 11.9 Å². The molecular formula is C12H12BrN5O. The number of nitriles is 1. The van der Waals surface area contributed by atoms with E-state index in [9.17, 15) is 5.26 Å². The molecule has 0 amide bonds. The summed E-state index contributed by atoms with van der Waals surface area (Å²) in [6.45, 7) is 0.348. The summed E-state index contributed by atoms with van der Waals surface area (Å²) >= 11 is 3.37. The predicted molar refractivity (Wildman–Crippen MR) is 73.2 cm³/mol. The second-order valence-electron chi connectivity index (χ2n) is 3.85. The van der Waals surface area contributed by atoms with Gasteiger partial charge in [0.2, 0.25) is 0 Å². The number of nitrogens with zero attached hydrogens (tertiary/aromatic N) is 4. The molecule has 1 unspecified atom stereocenters. The highest BCUT2D eigenvalue weighted by atomic mass is 79.9. The summed E-state index contributed by atoms with van der Waals surface area (Å²) < 4.78 is 2.43. The van der Waals surface area contributed by atoms with Crippen LogP contribution in [0.1, 0.15) is 11.7 Å². The molecule has 1 aromatic carbocycles. The van der Waals surface area contributed by atoms with Crippen molar-refractivity contribution in [3.05, 3.63) is 40.6 Å². The Bertz CT molecular complexity index is 592. The quantitative estimate of drug-likeness (QED) is 0.875. The van der Waals surface area contributed by atoms with Crippen molar-refractivity contribution in [3.63, 3.8) is 0 Å². The van der Waals surface area contributed by atoms with Gasteiger partial charge in [0.15, 0.2) is 6.04 Å². The van der Waals surface area contributed by atoms with Gasteiger partial charge in [-0.2, -0.15) is 5.26 Å². The van der Waals surface area contributed by atoms with Crippen LogP contribution in [-0.2, 0) is 6.54 Å². The molecule has 2 N–H and O–H groups in total. The smallest absolute Gasteiger partial charge is 0.160 e. The molecule has 98 valence electrons. The number of benzene rings is 1. The molecule has 0 aliphatic carbocycles. The lowest BCUT2D eigenvalue weighted by Crippen LogP contribution is -2.09. The predicted octanol–water partition coefficient (Wildman–Crippen LogP) is 1.71. The average Bonchev–Trinajstić information content (AvgIpc) is 2.85. The molecule has 0 aliphatic heterocycles. The molecule has 0 bridgehead atoms. The first kappa shape index (κ1) is 13.5. The Hall–Kier alpha value is -1.91. The number of anilines is 1. The minimum absolute atomic E-state index is 0.0148. The number of hydrogen-bond donors (Lipinski definition) is 2. The van der Waals surface area contributed by atoms with Gasteiger partial charge in [0, 0.05) is 10.2 Å². The van der Waals surface area contributed by atoms with Gasteiger partial charge in [-0.3, -0.25) is 0 Å². The van der Waals surface area contributed by atoms with Crippen molar-refractivity contribution in [2.24, 2.45) is 0 Å². The molecule has 2 rings (SSSR count). The third-order valence-corrected chi connectivity index (χ3v) is 2.94. The second-order valence-corrected chi connectivity index (χ2v) is 4.76. The lowest BCUT2D eigenvalue weighted by atomic mass is 10.2.